The first-order valence-electron chi connectivity index (χ1n) is 7.01. The van der Waals surface area contributed by atoms with Crippen molar-refractivity contribution in [2.45, 2.75) is 39.0 Å². The first-order chi connectivity index (χ1) is 9.74. The van der Waals surface area contributed by atoms with Gasteiger partial charge in [0.2, 0.25) is 5.88 Å². The summed E-state index contributed by atoms with van der Waals surface area (Å²) in [5.41, 5.74) is 3.44. The number of benzene rings is 1. The first kappa shape index (κ1) is 13.6. The van der Waals surface area contributed by atoms with Gasteiger partial charge in [0.25, 0.3) is 0 Å². The molecule has 20 heavy (non-hydrogen) atoms. The average Bonchev–Trinajstić information content (AvgIpc) is 2.69. The van der Waals surface area contributed by atoms with Crippen LogP contribution in [-0.2, 0) is 12.8 Å². The van der Waals surface area contributed by atoms with Gasteiger partial charge in [0, 0.05) is 10.0 Å². The van der Waals surface area contributed by atoms with Crippen LogP contribution in [0.25, 0.3) is 0 Å². The lowest BCUT2D eigenvalue weighted by atomic mass is 10.1. The van der Waals surface area contributed by atoms with Crippen LogP contribution < -0.4 is 4.74 Å². The molecule has 1 heterocycles. The summed E-state index contributed by atoms with van der Waals surface area (Å²) in [6, 6.07) is 6.04. The van der Waals surface area contributed by atoms with Crippen molar-refractivity contribution in [2.75, 3.05) is 0 Å². The van der Waals surface area contributed by atoms with Gasteiger partial charge in [-0.3, -0.25) is 0 Å². The number of fused-ring (bicyclic) bond motifs is 1. The van der Waals surface area contributed by atoms with E-state index in [-0.39, 0.29) is 0 Å². The molecule has 0 saturated carbocycles. The molecule has 3 rings (SSSR count). The average molecular weight is 333 g/mol. The zero-order valence-corrected chi connectivity index (χ0v) is 13.1. The first-order valence-corrected chi connectivity index (χ1v) is 7.80. The van der Waals surface area contributed by atoms with Crippen LogP contribution in [0, 0.1) is 6.92 Å². The van der Waals surface area contributed by atoms with E-state index in [1.54, 1.807) is 6.33 Å². The number of hydrogen-bond acceptors (Lipinski definition) is 3. The van der Waals surface area contributed by atoms with Gasteiger partial charge >= 0.3 is 0 Å². The summed E-state index contributed by atoms with van der Waals surface area (Å²) in [6.45, 7) is 2.04. The van der Waals surface area contributed by atoms with Crippen molar-refractivity contribution in [3.63, 3.8) is 0 Å². The minimum atomic E-state index is 0.720. The van der Waals surface area contributed by atoms with E-state index in [1.807, 2.05) is 25.1 Å². The number of aromatic nitrogens is 2. The van der Waals surface area contributed by atoms with Gasteiger partial charge in [0.15, 0.2) is 0 Å². The molecule has 0 bridgehead atoms. The second-order valence-corrected chi connectivity index (χ2v) is 6.09. The molecule has 0 spiro atoms. The molecule has 0 unspecified atom stereocenters. The van der Waals surface area contributed by atoms with Gasteiger partial charge in [0.05, 0.1) is 5.69 Å². The van der Waals surface area contributed by atoms with Crippen molar-refractivity contribution in [3.05, 3.63) is 45.8 Å². The van der Waals surface area contributed by atoms with Crippen molar-refractivity contribution in [1.29, 1.82) is 0 Å². The maximum absolute atomic E-state index is 6.06. The highest BCUT2D eigenvalue weighted by atomic mass is 79.9. The van der Waals surface area contributed by atoms with Gasteiger partial charge in [0.1, 0.15) is 12.1 Å². The normalized spacial score (nSPS) is 14.5. The zero-order chi connectivity index (χ0) is 13.9. The molecule has 0 amide bonds. The van der Waals surface area contributed by atoms with E-state index in [2.05, 4.69) is 25.9 Å². The zero-order valence-electron chi connectivity index (χ0n) is 11.5. The van der Waals surface area contributed by atoms with E-state index in [0.717, 1.165) is 40.2 Å². The van der Waals surface area contributed by atoms with E-state index in [9.17, 15) is 0 Å². The second-order valence-electron chi connectivity index (χ2n) is 5.18. The van der Waals surface area contributed by atoms with Crippen LogP contribution in [0.15, 0.2) is 29.0 Å². The highest BCUT2D eigenvalue weighted by Crippen LogP contribution is 2.31. The fraction of sp³-hybridized carbons (Fsp3) is 0.375. The minimum absolute atomic E-state index is 0.720. The van der Waals surface area contributed by atoms with Crippen LogP contribution in [0.5, 0.6) is 11.6 Å². The van der Waals surface area contributed by atoms with E-state index < -0.39 is 0 Å². The van der Waals surface area contributed by atoms with Gasteiger partial charge in [-0.05, 0) is 50.3 Å². The van der Waals surface area contributed by atoms with Crippen LogP contribution in [0.2, 0.25) is 0 Å². The number of nitrogens with zero attached hydrogens (tertiary/aromatic N) is 2. The molecular weight excluding hydrogens is 316 g/mol. The van der Waals surface area contributed by atoms with E-state index >= 15 is 0 Å². The van der Waals surface area contributed by atoms with Gasteiger partial charge in [-0.2, -0.15) is 0 Å². The predicted octanol–water partition coefficient (Wildman–Crippen LogP) is 4.61. The Labute approximate surface area is 127 Å². The molecule has 0 fully saturated rings. The fourth-order valence-corrected chi connectivity index (χ4v) is 2.88. The van der Waals surface area contributed by atoms with Gasteiger partial charge in [-0.25, -0.2) is 9.97 Å². The maximum Gasteiger partial charge on any atom is 0.225 e. The molecule has 2 aromatic rings. The predicted molar refractivity (Wildman–Crippen MR) is 82.2 cm³/mol. The number of ether oxygens (including phenoxy) is 1. The van der Waals surface area contributed by atoms with Crippen LogP contribution in [0.4, 0.5) is 0 Å². The summed E-state index contributed by atoms with van der Waals surface area (Å²) in [6.07, 6.45) is 7.32. The summed E-state index contributed by atoms with van der Waals surface area (Å²) in [5, 5.41) is 0. The summed E-state index contributed by atoms with van der Waals surface area (Å²) in [4.78, 5) is 8.77. The second kappa shape index (κ2) is 5.92. The molecule has 0 aliphatic heterocycles. The Bertz CT molecular complexity index is 628. The lowest BCUT2D eigenvalue weighted by molar-refractivity contribution is 0.449. The Balaban J connectivity index is 1.96. The van der Waals surface area contributed by atoms with E-state index in [0.29, 0.717) is 0 Å². The molecule has 1 aliphatic rings. The molecule has 0 radical (unpaired) electrons. The van der Waals surface area contributed by atoms with Crippen LogP contribution >= 0.6 is 15.9 Å². The fourth-order valence-electron chi connectivity index (χ4n) is 2.54. The molecule has 3 nitrogen and oxygen atoms in total. The minimum Gasteiger partial charge on any atom is -0.438 e. The summed E-state index contributed by atoms with van der Waals surface area (Å²) in [5.74, 6) is 1.57. The van der Waals surface area contributed by atoms with Gasteiger partial charge in [-0.15, -0.1) is 0 Å². The Morgan fingerprint density at radius 1 is 1.10 bits per heavy atom. The lowest BCUT2D eigenvalue weighted by Gasteiger charge is -2.13. The highest BCUT2D eigenvalue weighted by molar-refractivity contribution is 9.10. The topological polar surface area (TPSA) is 35.0 Å². The van der Waals surface area contributed by atoms with E-state index in [1.165, 1.54) is 24.8 Å². The Morgan fingerprint density at radius 3 is 2.85 bits per heavy atom. The quantitative estimate of drug-likeness (QED) is 0.753. The monoisotopic (exact) mass is 332 g/mol. The molecule has 0 saturated heterocycles. The third-order valence-corrected chi connectivity index (χ3v) is 4.19. The smallest absolute Gasteiger partial charge is 0.225 e. The molecular formula is C16H17BrN2O. The Kier molecular flexibility index (Phi) is 4.01. The Hall–Kier alpha value is -1.42. The standard InChI is InChI=1S/C16H17BrN2O/c1-11-7-8-12(17)9-15(11)20-16-13-5-3-2-4-6-14(13)18-10-19-16/h7-10H,2-6H2,1H3. The number of rotatable bonds is 2. The molecule has 1 aromatic carbocycles. The maximum atomic E-state index is 6.06. The van der Waals surface area contributed by atoms with Crippen molar-refractivity contribution in [1.82, 2.24) is 9.97 Å². The van der Waals surface area contributed by atoms with Gasteiger partial charge in [-0.1, -0.05) is 28.4 Å². The summed E-state index contributed by atoms with van der Waals surface area (Å²) >= 11 is 3.48. The number of hydrogen-bond donors (Lipinski definition) is 0. The molecule has 1 aliphatic carbocycles. The molecule has 4 heteroatoms. The Morgan fingerprint density at radius 2 is 1.95 bits per heavy atom. The van der Waals surface area contributed by atoms with Crippen LogP contribution in [0.1, 0.15) is 36.1 Å². The number of aryl methyl sites for hydroxylation is 2. The SMILES string of the molecule is Cc1ccc(Br)cc1Oc1ncnc2c1CCCCC2. The molecule has 0 atom stereocenters. The summed E-state index contributed by atoms with van der Waals surface area (Å²) < 4.78 is 7.08. The van der Waals surface area contributed by atoms with Crippen LogP contribution in [-0.4, -0.2) is 9.97 Å². The molecule has 104 valence electrons. The number of halogens is 1. The van der Waals surface area contributed by atoms with Crippen molar-refractivity contribution >= 4 is 15.9 Å². The third kappa shape index (κ3) is 2.85. The van der Waals surface area contributed by atoms with Gasteiger partial charge < -0.3 is 4.74 Å². The van der Waals surface area contributed by atoms with Crippen molar-refractivity contribution < 1.29 is 4.74 Å². The van der Waals surface area contributed by atoms with E-state index in [4.69, 9.17) is 4.74 Å². The summed E-state index contributed by atoms with van der Waals surface area (Å²) in [7, 11) is 0. The van der Waals surface area contributed by atoms with Crippen LogP contribution in [0.3, 0.4) is 0 Å². The lowest BCUT2D eigenvalue weighted by Crippen LogP contribution is -2.02. The molecule has 1 aromatic heterocycles. The largest absolute Gasteiger partial charge is 0.438 e. The van der Waals surface area contributed by atoms with Crippen molar-refractivity contribution in [2.24, 2.45) is 0 Å². The third-order valence-electron chi connectivity index (χ3n) is 3.69. The highest BCUT2D eigenvalue weighted by Gasteiger charge is 2.16. The van der Waals surface area contributed by atoms with Crippen molar-refractivity contribution in [3.8, 4) is 11.6 Å². The molecule has 0 N–H and O–H groups in total.